The molecule has 3 aromatic rings. The number of aryl methyl sites for hydroxylation is 1. The highest BCUT2D eigenvalue weighted by Gasteiger charge is 2.37. The molecule has 0 atom stereocenters. The first-order chi connectivity index (χ1) is 13.1. The summed E-state index contributed by atoms with van der Waals surface area (Å²) < 4.78 is 5.40. The number of amides is 2. The Hall–Kier alpha value is -3.14. The summed E-state index contributed by atoms with van der Waals surface area (Å²) in [5, 5.41) is 1.71. The van der Waals surface area contributed by atoms with E-state index in [-0.39, 0.29) is 11.8 Å². The number of benzene rings is 3. The van der Waals surface area contributed by atoms with E-state index in [1.807, 2.05) is 42.5 Å². The Balaban J connectivity index is 1.73. The van der Waals surface area contributed by atoms with Gasteiger partial charge in [0.05, 0.1) is 23.9 Å². The maximum atomic E-state index is 13.0. The van der Waals surface area contributed by atoms with Gasteiger partial charge in [-0.05, 0) is 54.1 Å². The fourth-order valence-electron chi connectivity index (χ4n) is 3.59. The van der Waals surface area contributed by atoms with Gasteiger partial charge >= 0.3 is 0 Å². The molecule has 4 heteroatoms. The molecule has 0 fully saturated rings. The third-order valence-corrected chi connectivity index (χ3v) is 5.08. The number of carbonyl (C=O) groups excluding carboxylic acids is 2. The predicted molar refractivity (Wildman–Crippen MR) is 107 cm³/mol. The van der Waals surface area contributed by atoms with Crippen molar-refractivity contribution in [2.75, 3.05) is 12.0 Å². The Kier molecular flexibility index (Phi) is 4.40. The van der Waals surface area contributed by atoms with Gasteiger partial charge in [0.2, 0.25) is 0 Å². The summed E-state index contributed by atoms with van der Waals surface area (Å²) in [5.41, 5.74) is 2.69. The first kappa shape index (κ1) is 17.3. The van der Waals surface area contributed by atoms with Crippen LogP contribution in [0.3, 0.4) is 0 Å². The Morgan fingerprint density at radius 3 is 2.30 bits per heavy atom. The molecule has 0 aromatic heterocycles. The van der Waals surface area contributed by atoms with Crippen LogP contribution in [0.2, 0.25) is 0 Å². The van der Waals surface area contributed by atoms with E-state index in [1.165, 1.54) is 10.5 Å². The number of methoxy groups -OCH3 is 1. The molecule has 0 spiro atoms. The molecule has 0 saturated carbocycles. The molecule has 136 valence electrons. The van der Waals surface area contributed by atoms with E-state index >= 15 is 0 Å². The van der Waals surface area contributed by atoms with Crippen LogP contribution >= 0.6 is 0 Å². The largest absolute Gasteiger partial charge is 0.496 e. The average molecular weight is 359 g/mol. The molecule has 3 aromatic carbocycles. The van der Waals surface area contributed by atoms with Crippen molar-refractivity contribution in [1.29, 1.82) is 0 Å². The lowest BCUT2D eigenvalue weighted by Gasteiger charge is -2.14. The smallest absolute Gasteiger partial charge is 0.266 e. The molecule has 0 saturated heterocycles. The zero-order valence-corrected chi connectivity index (χ0v) is 15.5. The molecule has 1 aliphatic heterocycles. The zero-order valence-electron chi connectivity index (χ0n) is 15.5. The van der Waals surface area contributed by atoms with Crippen LogP contribution in [0.15, 0.2) is 54.6 Å². The van der Waals surface area contributed by atoms with Crippen LogP contribution in [0.4, 0.5) is 5.69 Å². The number of fused-ring (bicyclic) bond motifs is 2. The van der Waals surface area contributed by atoms with E-state index < -0.39 is 0 Å². The van der Waals surface area contributed by atoms with E-state index in [9.17, 15) is 9.59 Å². The van der Waals surface area contributed by atoms with E-state index in [4.69, 9.17) is 4.74 Å². The quantitative estimate of drug-likeness (QED) is 0.603. The monoisotopic (exact) mass is 359 g/mol. The lowest BCUT2D eigenvalue weighted by Crippen LogP contribution is -2.29. The Morgan fingerprint density at radius 2 is 1.63 bits per heavy atom. The van der Waals surface area contributed by atoms with Gasteiger partial charge in [-0.3, -0.25) is 9.59 Å². The number of unbranched alkanes of at least 4 members (excludes halogenated alkanes) is 1. The maximum absolute atomic E-state index is 13.0. The number of hydrogen-bond donors (Lipinski definition) is 0. The van der Waals surface area contributed by atoms with Crippen LogP contribution in [0.25, 0.3) is 10.8 Å². The zero-order chi connectivity index (χ0) is 19.0. The van der Waals surface area contributed by atoms with Crippen molar-refractivity contribution in [3.63, 3.8) is 0 Å². The van der Waals surface area contributed by atoms with Crippen LogP contribution in [-0.2, 0) is 6.42 Å². The van der Waals surface area contributed by atoms with Gasteiger partial charge in [-0.15, -0.1) is 0 Å². The first-order valence-corrected chi connectivity index (χ1v) is 9.22. The van der Waals surface area contributed by atoms with Crippen molar-refractivity contribution in [2.45, 2.75) is 26.2 Å². The molecule has 0 aliphatic carbocycles. The summed E-state index contributed by atoms with van der Waals surface area (Å²) in [6.07, 6.45) is 3.27. The second-order valence-electron chi connectivity index (χ2n) is 6.79. The molecule has 0 bridgehead atoms. The minimum absolute atomic E-state index is 0.277. The van der Waals surface area contributed by atoms with Crippen molar-refractivity contribution in [2.24, 2.45) is 0 Å². The number of nitrogens with zero attached hydrogens (tertiary/aromatic N) is 1. The first-order valence-electron chi connectivity index (χ1n) is 9.22. The summed E-state index contributed by atoms with van der Waals surface area (Å²) in [4.78, 5) is 27.2. The summed E-state index contributed by atoms with van der Waals surface area (Å²) in [6.45, 7) is 2.16. The standard InChI is InChI=1S/C23H21NO3/c1-3-4-6-15-9-11-17(12-10-15)24-22(25)19-13-16-7-5-8-21(27-2)18(16)14-20(19)23(24)26/h5,7-14H,3-4,6H2,1-2H3. The van der Waals surface area contributed by atoms with Crippen molar-refractivity contribution in [3.05, 3.63) is 71.3 Å². The van der Waals surface area contributed by atoms with E-state index in [0.717, 1.165) is 30.0 Å². The molecule has 1 heterocycles. The van der Waals surface area contributed by atoms with E-state index in [1.54, 1.807) is 19.2 Å². The van der Waals surface area contributed by atoms with Gasteiger partial charge in [0, 0.05) is 5.39 Å². The van der Waals surface area contributed by atoms with Crippen LogP contribution in [0.1, 0.15) is 46.0 Å². The van der Waals surface area contributed by atoms with Crippen molar-refractivity contribution in [1.82, 2.24) is 0 Å². The van der Waals surface area contributed by atoms with Crippen LogP contribution in [0.5, 0.6) is 5.75 Å². The SMILES string of the molecule is CCCCc1ccc(N2C(=O)c3cc4cccc(OC)c4cc3C2=O)cc1. The van der Waals surface area contributed by atoms with Gasteiger partial charge < -0.3 is 4.74 Å². The summed E-state index contributed by atoms with van der Waals surface area (Å²) in [5.74, 6) is 0.124. The van der Waals surface area contributed by atoms with E-state index in [0.29, 0.717) is 22.6 Å². The van der Waals surface area contributed by atoms with Gasteiger partial charge in [0.1, 0.15) is 5.75 Å². The second-order valence-corrected chi connectivity index (χ2v) is 6.79. The van der Waals surface area contributed by atoms with Gasteiger partial charge in [-0.25, -0.2) is 4.90 Å². The van der Waals surface area contributed by atoms with Gasteiger partial charge in [0.25, 0.3) is 11.8 Å². The molecule has 4 nitrogen and oxygen atoms in total. The third kappa shape index (κ3) is 2.87. The van der Waals surface area contributed by atoms with Gasteiger partial charge in [-0.1, -0.05) is 37.6 Å². The number of ether oxygens (including phenoxy) is 1. The summed E-state index contributed by atoms with van der Waals surface area (Å²) in [6, 6.07) is 16.9. The molecule has 1 aliphatic rings. The Bertz CT molecular complexity index is 1040. The van der Waals surface area contributed by atoms with Gasteiger partial charge in [0.15, 0.2) is 0 Å². The van der Waals surface area contributed by atoms with Crippen LogP contribution in [-0.4, -0.2) is 18.9 Å². The minimum atomic E-state index is -0.288. The molecule has 27 heavy (non-hydrogen) atoms. The molecule has 0 radical (unpaired) electrons. The normalized spacial score (nSPS) is 13.3. The molecule has 0 N–H and O–H groups in total. The molecule has 0 unspecified atom stereocenters. The average Bonchev–Trinajstić information content (AvgIpc) is 2.94. The maximum Gasteiger partial charge on any atom is 0.266 e. The summed E-state index contributed by atoms with van der Waals surface area (Å²) >= 11 is 0. The fourth-order valence-corrected chi connectivity index (χ4v) is 3.59. The lowest BCUT2D eigenvalue weighted by atomic mass is 10.0. The summed E-state index contributed by atoms with van der Waals surface area (Å²) in [7, 11) is 1.60. The number of carbonyl (C=O) groups is 2. The van der Waals surface area contributed by atoms with Crippen LogP contribution < -0.4 is 9.64 Å². The highest BCUT2D eigenvalue weighted by molar-refractivity contribution is 6.35. The van der Waals surface area contributed by atoms with Crippen molar-refractivity contribution in [3.8, 4) is 5.75 Å². The topological polar surface area (TPSA) is 46.6 Å². The molecular formula is C23H21NO3. The van der Waals surface area contributed by atoms with Crippen molar-refractivity contribution < 1.29 is 14.3 Å². The molecule has 2 amide bonds. The number of anilines is 1. The fraction of sp³-hybridized carbons (Fsp3) is 0.217. The number of imide groups is 1. The van der Waals surface area contributed by atoms with Crippen LogP contribution in [0, 0.1) is 0 Å². The highest BCUT2D eigenvalue weighted by Crippen LogP contribution is 2.34. The number of hydrogen-bond acceptors (Lipinski definition) is 3. The Morgan fingerprint density at radius 1 is 0.926 bits per heavy atom. The second kappa shape index (κ2) is 6.88. The van der Waals surface area contributed by atoms with Crippen molar-refractivity contribution >= 4 is 28.3 Å². The third-order valence-electron chi connectivity index (χ3n) is 5.08. The molecular weight excluding hydrogens is 338 g/mol. The predicted octanol–water partition coefficient (Wildman–Crippen LogP) is 4.99. The minimum Gasteiger partial charge on any atom is -0.496 e. The van der Waals surface area contributed by atoms with Gasteiger partial charge in [-0.2, -0.15) is 0 Å². The molecule has 4 rings (SSSR count). The Labute approximate surface area is 158 Å². The highest BCUT2D eigenvalue weighted by atomic mass is 16.5. The lowest BCUT2D eigenvalue weighted by molar-refractivity contribution is 0.0926. The number of rotatable bonds is 5. The van der Waals surface area contributed by atoms with E-state index in [2.05, 4.69) is 6.92 Å².